The molecule has 3 amide bonds. The summed E-state index contributed by atoms with van der Waals surface area (Å²) < 4.78 is 23.0. The first-order chi connectivity index (χ1) is 18.8. The number of fused-ring (bicyclic) bond motifs is 7. The summed E-state index contributed by atoms with van der Waals surface area (Å²) in [4.78, 5) is 44.9. The van der Waals surface area contributed by atoms with Crippen molar-refractivity contribution in [3.8, 4) is 17.2 Å². The van der Waals surface area contributed by atoms with E-state index in [1.807, 2.05) is 19.1 Å². The molecule has 0 spiro atoms. The largest absolute Gasteiger partial charge is 0.493 e. The van der Waals surface area contributed by atoms with Crippen LogP contribution in [-0.4, -0.2) is 66.6 Å². The Balaban J connectivity index is 1.45. The molecule has 1 fully saturated rings. The molecule has 6 rings (SSSR count). The van der Waals surface area contributed by atoms with Crippen molar-refractivity contribution in [1.82, 2.24) is 20.5 Å². The third-order valence-corrected chi connectivity index (χ3v) is 6.69. The van der Waals surface area contributed by atoms with Crippen molar-refractivity contribution in [3.63, 3.8) is 0 Å². The van der Waals surface area contributed by atoms with E-state index in [2.05, 4.69) is 15.6 Å². The van der Waals surface area contributed by atoms with Crippen LogP contribution in [-0.2, 0) is 17.8 Å². The molecule has 2 N–H and O–H groups in total. The van der Waals surface area contributed by atoms with Crippen molar-refractivity contribution < 1.29 is 33.0 Å². The summed E-state index contributed by atoms with van der Waals surface area (Å²) in [6, 6.07) is 11.5. The minimum absolute atomic E-state index is 0.190. The van der Waals surface area contributed by atoms with E-state index in [4.69, 9.17) is 18.6 Å². The number of carbonyl (C=O) groups is 3. The second-order valence-corrected chi connectivity index (χ2v) is 9.40. The number of aromatic nitrogens is 1. The van der Waals surface area contributed by atoms with Crippen molar-refractivity contribution in [3.05, 3.63) is 70.9 Å². The monoisotopic (exact) mass is 534 g/mol. The van der Waals surface area contributed by atoms with Crippen molar-refractivity contribution in [2.24, 2.45) is 0 Å². The maximum atomic E-state index is 13.4. The summed E-state index contributed by atoms with van der Waals surface area (Å²) in [5, 5.41) is 5.81. The van der Waals surface area contributed by atoms with E-state index in [0.29, 0.717) is 41.6 Å². The van der Waals surface area contributed by atoms with Crippen LogP contribution < -0.4 is 24.8 Å². The Bertz CT molecular complexity index is 1390. The SMILES string of the molecule is CCc1nc(C)c(C(=O)N2C[C@@H]3NC(=O)c4ccc(OC)c(c4)OCC(=O)NCc4ccc(cc4)O[C@H]3C2)o1. The second kappa shape index (κ2) is 11.1. The van der Waals surface area contributed by atoms with Gasteiger partial charge < -0.3 is 34.2 Å². The Kier molecular flexibility index (Phi) is 7.40. The van der Waals surface area contributed by atoms with Gasteiger partial charge in [-0.2, -0.15) is 0 Å². The van der Waals surface area contributed by atoms with Gasteiger partial charge in [0.1, 0.15) is 11.9 Å². The zero-order valence-corrected chi connectivity index (χ0v) is 22.0. The summed E-state index contributed by atoms with van der Waals surface area (Å²) in [6.07, 6.45) is 0.0492. The van der Waals surface area contributed by atoms with Gasteiger partial charge in [-0.15, -0.1) is 0 Å². The lowest BCUT2D eigenvalue weighted by molar-refractivity contribution is -0.123. The number of likely N-dealkylation sites (tertiary alicyclic amines) is 1. The molecule has 3 aliphatic rings. The molecule has 0 radical (unpaired) electrons. The molecule has 204 valence electrons. The predicted molar refractivity (Wildman–Crippen MR) is 139 cm³/mol. The highest BCUT2D eigenvalue weighted by Gasteiger charge is 2.40. The highest BCUT2D eigenvalue weighted by molar-refractivity contribution is 5.96. The molecule has 3 aliphatic heterocycles. The number of carbonyl (C=O) groups excluding carboxylic acids is 3. The Hall–Kier alpha value is -4.54. The number of rotatable bonds is 3. The van der Waals surface area contributed by atoms with Gasteiger partial charge in [0.15, 0.2) is 24.0 Å². The zero-order valence-electron chi connectivity index (χ0n) is 22.0. The molecule has 4 heterocycles. The number of amides is 3. The molecular weight excluding hydrogens is 504 g/mol. The molecule has 0 unspecified atom stereocenters. The maximum Gasteiger partial charge on any atom is 0.291 e. The van der Waals surface area contributed by atoms with E-state index in [0.717, 1.165) is 5.56 Å². The number of oxazole rings is 1. The normalized spacial score (nSPS) is 19.3. The van der Waals surface area contributed by atoms with Crippen LogP contribution in [0.1, 0.15) is 45.0 Å². The second-order valence-electron chi connectivity index (χ2n) is 9.40. The molecule has 4 bridgehead atoms. The standard InChI is InChI=1S/C28H30N4O7/c1-4-25-30-16(2)26(39-25)28(35)32-13-20-23(14-32)38-19-8-5-17(6-9-19)12-29-24(33)15-37-22-11-18(27(34)31-20)7-10-21(22)36-3/h5-11,20,23H,4,12-15H2,1-3H3,(H,29,33)(H,31,34)/t20-,23-/m0/s1. The van der Waals surface area contributed by atoms with E-state index in [-0.39, 0.29) is 48.9 Å². The van der Waals surface area contributed by atoms with Gasteiger partial charge in [0.25, 0.3) is 17.7 Å². The lowest BCUT2D eigenvalue weighted by Crippen LogP contribution is -2.45. The highest BCUT2D eigenvalue weighted by Crippen LogP contribution is 2.29. The van der Waals surface area contributed by atoms with E-state index >= 15 is 0 Å². The van der Waals surface area contributed by atoms with E-state index in [9.17, 15) is 14.4 Å². The number of ether oxygens (including phenoxy) is 3. The van der Waals surface area contributed by atoms with Crippen molar-refractivity contribution in [2.45, 2.75) is 39.0 Å². The maximum absolute atomic E-state index is 13.4. The lowest BCUT2D eigenvalue weighted by atomic mass is 10.1. The van der Waals surface area contributed by atoms with Gasteiger partial charge in [0.05, 0.1) is 25.4 Å². The summed E-state index contributed by atoms with van der Waals surface area (Å²) in [7, 11) is 1.48. The van der Waals surface area contributed by atoms with E-state index in [1.165, 1.54) is 13.2 Å². The summed E-state index contributed by atoms with van der Waals surface area (Å²) in [5.41, 5.74) is 1.71. The molecule has 0 aliphatic carbocycles. The average molecular weight is 535 g/mol. The van der Waals surface area contributed by atoms with Gasteiger partial charge in [-0.05, 0) is 42.8 Å². The quantitative estimate of drug-likeness (QED) is 0.523. The Morgan fingerprint density at radius 3 is 2.67 bits per heavy atom. The van der Waals surface area contributed by atoms with Gasteiger partial charge in [-0.25, -0.2) is 4.98 Å². The lowest BCUT2D eigenvalue weighted by Gasteiger charge is -2.21. The molecule has 39 heavy (non-hydrogen) atoms. The summed E-state index contributed by atoms with van der Waals surface area (Å²) in [6.45, 7) is 4.16. The fourth-order valence-corrected chi connectivity index (χ4v) is 4.58. The fourth-order valence-electron chi connectivity index (χ4n) is 4.58. The first-order valence-electron chi connectivity index (χ1n) is 12.7. The smallest absolute Gasteiger partial charge is 0.291 e. The highest BCUT2D eigenvalue weighted by atomic mass is 16.5. The zero-order chi connectivity index (χ0) is 27.5. The molecule has 3 aromatic rings. The van der Waals surface area contributed by atoms with E-state index in [1.54, 1.807) is 36.1 Å². The number of aryl methyl sites for hydroxylation is 2. The van der Waals surface area contributed by atoms with Gasteiger partial charge in [-0.3, -0.25) is 14.4 Å². The molecule has 2 atom stereocenters. The van der Waals surface area contributed by atoms with Gasteiger partial charge >= 0.3 is 0 Å². The Morgan fingerprint density at radius 1 is 1.15 bits per heavy atom. The first-order valence-corrected chi connectivity index (χ1v) is 12.7. The predicted octanol–water partition coefficient (Wildman–Crippen LogP) is 2.26. The molecular formula is C28H30N4O7. The summed E-state index contributed by atoms with van der Waals surface area (Å²) in [5.74, 6) is 0.903. The van der Waals surface area contributed by atoms with Crippen LogP contribution in [0.5, 0.6) is 17.2 Å². The van der Waals surface area contributed by atoms with Crippen LogP contribution in [0.2, 0.25) is 0 Å². The minimum atomic E-state index is -0.526. The van der Waals surface area contributed by atoms with Crippen LogP contribution in [0.25, 0.3) is 0 Å². The molecule has 11 nitrogen and oxygen atoms in total. The van der Waals surface area contributed by atoms with Crippen molar-refractivity contribution in [2.75, 3.05) is 26.8 Å². The van der Waals surface area contributed by atoms with Gasteiger partial charge in [0.2, 0.25) is 5.76 Å². The number of methoxy groups -OCH3 is 1. The Labute approximate surface area is 225 Å². The third-order valence-electron chi connectivity index (χ3n) is 6.69. The first kappa shape index (κ1) is 26.1. The van der Waals surface area contributed by atoms with Crippen LogP contribution in [0.15, 0.2) is 46.9 Å². The number of benzene rings is 2. The molecule has 2 aromatic carbocycles. The van der Waals surface area contributed by atoms with Crippen molar-refractivity contribution in [1.29, 1.82) is 0 Å². The van der Waals surface area contributed by atoms with Crippen LogP contribution >= 0.6 is 0 Å². The van der Waals surface area contributed by atoms with E-state index < -0.39 is 12.1 Å². The van der Waals surface area contributed by atoms with Crippen LogP contribution in [0.4, 0.5) is 0 Å². The van der Waals surface area contributed by atoms with Crippen LogP contribution in [0, 0.1) is 6.92 Å². The molecule has 1 aromatic heterocycles. The Morgan fingerprint density at radius 2 is 1.95 bits per heavy atom. The number of hydrogen-bond donors (Lipinski definition) is 2. The summed E-state index contributed by atoms with van der Waals surface area (Å²) >= 11 is 0. The number of nitrogens with one attached hydrogen (secondary N) is 2. The number of nitrogens with zero attached hydrogens (tertiary/aromatic N) is 2. The molecule has 1 saturated heterocycles. The average Bonchev–Trinajstić information content (AvgIpc) is 3.53. The third kappa shape index (κ3) is 5.66. The van der Waals surface area contributed by atoms with Gasteiger partial charge in [0, 0.05) is 25.1 Å². The van der Waals surface area contributed by atoms with Crippen molar-refractivity contribution >= 4 is 17.7 Å². The topological polar surface area (TPSA) is 132 Å². The minimum Gasteiger partial charge on any atom is -0.493 e. The van der Waals surface area contributed by atoms with Gasteiger partial charge in [-0.1, -0.05) is 19.1 Å². The molecule has 0 saturated carbocycles. The van der Waals surface area contributed by atoms with Crippen LogP contribution in [0.3, 0.4) is 0 Å². The number of hydrogen-bond acceptors (Lipinski definition) is 8. The fraction of sp³-hybridized carbons (Fsp3) is 0.357. The molecule has 11 heteroatoms.